The molecule has 0 saturated heterocycles. The van der Waals surface area contributed by atoms with E-state index in [1.165, 1.54) is 13.2 Å². The SMILES string of the molecule is COc1cc(C=C(C#N)C(=O)N2CCc3ccccc32)cc(Cl)c1OCc1cccc2ccccc12. The fraction of sp³-hybridized carbons (Fsp3) is 0.133. The number of para-hydroxylation sites is 1. The second-order valence-corrected chi connectivity index (χ2v) is 8.87. The van der Waals surface area contributed by atoms with Crippen LogP contribution in [0.4, 0.5) is 5.69 Å². The van der Waals surface area contributed by atoms with Crippen molar-refractivity contribution in [2.75, 3.05) is 18.6 Å². The van der Waals surface area contributed by atoms with Crippen LogP contribution in [-0.2, 0) is 17.8 Å². The van der Waals surface area contributed by atoms with Crippen LogP contribution in [0.3, 0.4) is 0 Å². The van der Waals surface area contributed by atoms with Gasteiger partial charge in [-0.25, -0.2) is 0 Å². The second kappa shape index (κ2) is 10.2. The van der Waals surface area contributed by atoms with E-state index < -0.39 is 0 Å². The number of nitriles is 1. The van der Waals surface area contributed by atoms with Crippen LogP contribution < -0.4 is 14.4 Å². The molecular weight excluding hydrogens is 472 g/mol. The number of amides is 1. The van der Waals surface area contributed by atoms with E-state index in [1.54, 1.807) is 17.0 Å². The summed E-state index contributed by atoms with van der Waals surface area (Å²) in [5.74, 6) is 0.488. The molecule has 0 atom stereocenters. The van der Waals surface area contributed by atoms with Gasteiger partial charge in [-0.05, 0) is 58.2 Å². The van der Waals surface area contributed by atoms with E-state index in [2.05, 4.69) is 18.2 Å². The third kappa shape index (κ3) is 4.51. The molecule has 0 saturated carbocycles. The van der Waals surface area contributed by atoms with Gasteiger partial charge < -0.3 is 14.4 Å². The van der Waals surface area contributed by atoms with Crippen molar-refractivity contribution in [2.45, 2.75) is 13.0 Å². The number of nitrogens with zero attached hydrogens (tertiary/aromatic N) is 2. The molecule has 0 fully saturated rings. The normalized spacial score (nSPS) is 12.8. The predicted molar refractivity (Wildman–Crippen MR) is 142 cm³/mol. The zero-order valence-corrected chi connectivity index (χ0v) is 20.5. The quantitative estimate of drug-likeness (QED) is 0.224. The van der Waals surface area contributed by atoms with Gasteiger partial charge in [0.15, 0.2) is 11.5 Å². The molecule has 1 heterocycles. The van der Waals surface area contributed by atoms with Gasteiger partial charge >= 0.3 is 0 Å². The summed E-state index contributed by atoms with van der Waals surface area (Å²) in [5.41, 5.74) is 3.57. The summed E-state index contributed by atoms with van der Waals surface area (Å²) in [6.07, 6.45) is 2.30. The van der Waals surface area contributed by atoms with E-state index in [0.717, 1.165) is 34.0 Å². The number of methoxy groups -OCH3 is 1. The van der Waals surface area contributed by atoms with E-state index in [1.807, 2.05) is 54.6 Å². The molecule has 0 N–H and O–H groups in total. The Kier molecular flexibility index (Phi) is 6.62. The Balaban J connectivity index is 1.41. The first kappa shape index (κ1) is 23.5. The number of fused-ring (bicyclic) bond motifs is 2. The first-order valence-corrected chi connectivity index (χ1v) is 12.0. The Labute approximate surface area is 214 Å². The average molecular weight is 495 g/mol. The largest absolute Gasteiger partial charge is 0.493 e. The van der Waals surface area contributed by atoms with Crippen molar-refractivity contribution in [3.63, 3.8) is 0 Å². The lowest BCUT2D eigenvalue weighted by Crippen LogP contribution is -2.29. The maximum absolute atomic E-state index is 13.2. The number of halogens is 1. The maximum atomic E-state index is 13.2. The molecule has 4 aromatic rings. The molecule has 0 spiro atoms. The van der Waals surface area contributed by atoms with E-state index in [9.17, 15) is 10.1 Å². The third-order valence-corrected chi connectivity index (χ3v) is 6.58. The summed E-state index contributed by atoms with van der Waals surface area (Å²) in [4.78, 5) is 14.8. The predicted octanol–water partition coefficient (Wildman–Crippen LogP) is 6.58. The van der Waals surface area contributed by atoms with Crippen molar-refractivity contribution >= 4 is 40.0 Å². The first-order chi connectivity index (χ1) is 17.6. The number of hydrogen-bond donors (Lipinski definition) is 0. The lowest BCUT2D eigenvalue weighted by molar-refractivity contribution is -0.114. The van der Waals surface area contributed by atoms with E-state index >= 15 is 0 Å². The summed E-state index contributed by atoms with van der Waals surface area (Å²) in [5, 5.41) is 12.3. The zero-order valence-electron chi connectivity index (χ0n) is 19.7. The Hall–Kier alpha value is -4.27. The molecule has 1 amide bonds. The van der Waals surface area contributed by atoms with Gasteiger partial charge in [0.25, 0.3) is 5.91 Å². The molecule has 0 radical (unpaired) electrons. The van der Waals surface area contributed by atoms with Gasteiger partial charge in [-0.15, -0.1) is 0 Å². The second-order valence-electron chi connectivity index (χ2n) is 8.47. The summed E-state index contributed by atoms with van der Waals surface area (Å²) in [6.45, 7) is 0.852. The van der Waals surface area contributed by atoms with Gasteiger partial charge in [-0.1, -0.05) is 72.3 Å². The molecule has 36 heavy (non-hydrogen) atoms. The van der Waals surface area contributed by atoms with E-state index in [-0.39, 0.29) is 11.5 Å². The highest BCUT2D eigenvalue weighted by molar-refractivity contribution is 6.32. The maximum Gasteiger partial charge on any atom is 0.268 e. The Morgan fingerprint density at radius 1 is 1.08 bits per heavy atom. The number of hydrogen-bond acceptors (Lipinski definition) is 4. The lowest BCUT2D eigenvalue weighted by atomic mass is 10.1. The van der Waals surface area contributed by atoms with Gasteiger partial charge in [0.05, 0.1) is 12.1 Å². The monoisotopic (exact) mass is 494 g/mol. The zero-order chi connectivity index (χ0) is 25.1. The van der Waals surface area contributed by atoms with Crippen LogP contribution in [0.1, 0.15) is 16.7 Å². The molecule has 0 aliphatic carbocycles. The van der Waals surface area contributed by atoms with E-state index in [0.29, 0.717) is 35.2 Å². The summed E-state index contributed by atoms with van der Waals surface area (Å²) in [6, 6.07) is 27.4. The van der Waals surface area contributed by atoms with Crippen LogP contribution in [0.25, 0.3) is 16.8 Å². The minimum atomic E-state index is -0.339. The fourth-order valence-corrected chi connectivity index (χ4v) is 4.81. The van der Waals surface area contributed by atoms with Crippen molar-refractivity contribution < 1.29 is 14.3 Å². The van der Waals surface area contributed by atoms with Gasteiger partial charge in [0.2, 0.25) is 0 Å². The topological polar surface area (TPSA) is 62.6 Å². The molecule has 6 heteroatoms. The minimum Gasteiger partial charge on any atom is -0.493 e. The number of carbonyl (C=O) groups excluding carboxylic acids is 1. The third-order valence-electron chi connectivity index (χ3n) is 6.30. The Morgan fingerprint density at radius 2 is 1.86 bits per heavy atom. The molecule has 0 unspecified atom stereocenters. The van der Waals surface area contributed by atoms with Gasteiger partial charge in [-0.2, -0.15) is 5.26 Å². The van der Waals surface area contributed by atoms with Crippen molar-refractivity contribution in [1.82, 2.24) is 0 Å². The molecule has 5 nitrogen and oxygen atoms in total. The molecule has 4 aromatic carbocycles. The van der Waals surface area contributed by atoms with Gasteiger partial charge in [0.1, 0.15) is 18.2 Å². The fourth-order valence-electron chi connectivity index (χ4n) is 4.53. The molecular formula is C30H23ClN2O3. The number of carbonyl (C=O) groups is 1. The minimum absolute atomic E-state index is 0.0225. The molecule has 178 valence electrons. The molecule has 5 rings (SSSR count). The number of anilines is 1. The molecule has 0 bridgehead atoms. The molecule has 1 aliphatic heterocycles. The van der Waals surface area contributed by atoms with Crippen LogP contribution in [0.5, 0.6) is 11.5 Å². The first-order valence-electron chi connectivity index (χ1n) is 11.6. The van der Waals surface area contributed by atoms with Crippen LogP contribution in [0, 0.1) is 11.3 Å². The summed E-state index contributed by atoms with van der Waals surface area (Å²) < 4.78 is 11.6. The van der Waals surface area contributed by atoms with E-state index in [4.69, 9.17) is 21.1 Å². The highest BCUT2D eigenvalue weighted by Crippen LogP contribution is 2.38. The van der Waals surface area contributed by atoms with Crippen molar-refractivity contribution in [3.05, 3.63) is 106 Å². The summed E-state index contributed by atoms with van der Waals surface area (Å²) >= 11 is 6.59. The van der Waals surface area contributed by atoms with Crippen LogP contribution in [0.2, 0.25) is 5.02 Å². The highest BCUT2D eigenvalue weighted by atomic mass is 35.5. The van der Waals surface area contributed by atoms with Crippen LogP contribution >= 0.6 is 11.6 Å². The summed E-state index contributed by atoms with van der Waals surface area (Å²) in [7, 11) is 1.53. The number of benzene rings is 4. The Morgan fingerprint density at radius 3 is 2.69 bits per heavy atom. The highest BCUT2D eigenvalue weighted by Gasteiger charge is 2.26. The average Bonchev–Trinajstić information content (AvgIpc) is 3.34. The standard InChI is InChI=1S/C30H23ClN2O3/c1-35-28-17-20(15-24(18-32)30(34)33-14-13-22-8-3-5-12-27(22)33)16-26(31)29(28)36-19-23-10-6-9-21-7-2-4-11-25(21)23/h2-12,15-17H,13-14,19H2,1H3. The lowest BCUT2D eigenvalue weighted by Gasteiger charge is -2.17. The number of ether oxygens (including phenoxy) is 2. The van der Waals surface area contributed by atoms with Crippen molar-refractivity contribution in [2.24, 2.45) is 0 Å². The van der Waals surface area contributed by atoms with Crippen molar-refractivity contribution in [3.8, 4) is 17.6 Å². The van der Waals surface area contributed by atoms with Crippen LogP contribution in [-0.4, -0.2) is 19.6 Å². The molecule has 0 aromatic heterocycles. The smallest absolute Gasteiger partial charge is 0.268 e. The van der Waals surface area contributed by atoms with Crippen LogP contribution in [0.15, 0.2) is 84.4 Å². The molecule has 1 aliphatic rings. The van der Waals surface area contributed by atoms with Crippen molar-refractivity contribution in [1.29, 1.82) is 5.26 Å². The van der Waals surface area contributed by atoms with Gasteiger partial charge in [-0.3, -0.25) is 4.79 Å². The number of rotatable bonds is 6. The Bertz CT molecular complexity index is 1530. The van der Waals surface area contributed by atoms with Gasteiger partial charge in [0, 0.05) is 12.2 Å².